The van der Waals surface area contributed by atoms with Crippen molar-refractivity contribution in [2.24, 2.45) is 4.99 Å². The Labute approximate surface area is 72.3 Å². The fourth-order valence-corrected chi connectivity index (χ4v) is 0.764. The van der Waals surface area contributed by atoms with Crippen LogP contribution in [0.1, 0.15) is 19.4 Å². The van der Waals surface area contributed by atoms with Crippen LogP contribution in [-0.4, -0.2) is 17.2 Å². The molecule has 64 valence electrons. The minimum atomic E-state index is 0.303. The average molecular weight is 163 g/mol. The highest BCUT2D eigenvalue weighted by Crippen LogP contribution is 2.05. The molecular formula is C9H13N3. The molecule has 1 aromatic heterocycles. The van der Waals surface area contributed by atoms with E-state index in [-0.39, 0.29) is 0 Å². The SMILES string of the molecule is CC(C)N=Cc1ccncc1N. The van der Waals surface area contributed by atoms with Crippen LogP contribution in [0.25, 0.3) is 0 Å². The molecule has 0 aliphatic rings. The maximum atomic E-state index is 5.65. The first-order chi connectivity index (χ1) is 5.70. The molecule has 3 nitrogen and oxygen atoms in total. The van der Waals surface area contributed by atoms with Crippen molar-refractivity contribution in [1.82, 2.24) is 4.98 Å². The Morgan fingerprint density at radius 1 is 1.58 bits per heavy atom. The molecule has 0 fully saturated rings. The molecule has 0 aliphatic carbocycles. The van der Waals surface area contributed by atoms with E-state index < -0.39 is 0 Å². The van der Waals surface area contributed by atoms with Gasteiger partial charge in [-0.05, 0) is 19.9 Å². The topological polar surface area (TPSA) is 51.3 Å². The Hall–Kier alpha value is -1.38. The van der Waals surface area contributed by atoms with Crippen molar-refractivity contribution in [1.29, 1.82) is 0 Å². The summed E-state index contributed by atoms with van der Waals surface area (Å²) in [6.07, 6.45) is 5.11. The third-order valence-electron chi connectivity index (χ3n) is 1.40. The summed E-state index contributed by atoms with van der Waals surface area (Å²) in [6, 6.07) is 2.15. The molecule has 3 heteroatoms. The van der Waals surface area contributed by atoms with Gasteiger partial charge in [-0.15, -0.1) is 0 Å². The smallest absolute Gasteiger partial charge is 0.0589 e. The van der Waals surface area contributed by atoms with Crippen LogP contribution >= 0.6 is 0 Å². The van der Waals surface area contributed by atoms with Gasteiger partial charge in [0, 0.05) is 24.0 Å². The molecule has 0 bridgehead atoms. The number of rotatable bonds is 2. The highest BCUT2D eigenvalue weighted by molar-refractivity contribution is 5.86. The summed E-state index contributed by atoms with van der Waals surface area (Å²) in [5.41, 5.74) is 7.25. The van der Waals surface area contributed by atoms with Crippen LogP contribution in [0.4, 0.5) is 5.69 Å². The second-order valence-electron chi connectivity index (χ2n) is 2.88. The number of nitrogen functional groups attached to an aromatic ring is 1. The minimum absolute atomic E-state index is 0.303. The molecule has 0 radical (unpaired) electrons. The fourth-order valence-electron chi connectivity index (χ4n) is 0.764. The summed E-state index contributed by atoms with van der Waals surface area (Å²) in [5, 5.41) is 0. The van der Waals surface area contributed by atoms with Gasteiger partial charge in [-0.2, -0.15) is 0 Å². The van der Waals surface area contributed by atoms with Gasteiger partial charge in [-0.3, -0.25) is 9.98 Å². The van der Waals surface area contributed by atoms with Crippen molar-refractivity contribution in [3.05, 3.63) is 24.0 Å². The number of aliphatic imine (C=N–C) groups is 1. The number of nitrogens with zero attached hydrogens (tertiary/aromatic N) is 2. The quantitative estimate of drug-likeness (QED) is 0.671. The van der Waals surface area contributed by atoms with Crippen LogP contribution < -0.4 is 5.73 Å². The molecule has 0 aliphatic heterocycles. The van der Waals surface area contributed by atoms with Gasteiger partial charge in [-0.1, -0.05) is 0 Å². The monoisotopic (exact) mass is 163 g/mol. The van der Waals surface area contributed by atoms with Crippen LogP contribution in [0.5, 0.6) is 0 Å². The predicted molar refractivity (Wildman–Crippen MR) is 51.4 cm³/mol. The van der Waals surface area contributed by atoms with Crippen molar-refractivity contribution in [3.63, 3.8) is 0 Å². The lowest BCUT2D eigenvalue weighted by molar-refractivity contribution is 0.841. The Morgan fingerprint density at radius 2 is 2.33 bits per heavy atom. The van der Waals surface area contributed by atoms with Gasteiger partial charge < -0.3 is 5.73 Å². The highest BCUT2D eigenvalue weighted by atomic mass is 14.8. The first kappa shape index (κ1) is 8.71. The van der Waals surface area contributed by atoms with E-state index in [9.17, 15) is 0 Å². The molecule has 0 aromatic carbocycles. The molecule has 0 saturated carbocycles. The number of nitrogens with two attached hydrogens (primary N) is 1. The second-order valence-corrected chi connectivity index (χ2v) is 2.88. The van der Waals surface area contributed by atoms with Gasteiger partial charge in [0.15, 0.2) is 0 Å². The number of hydrogen-bond donors (Lipinski definition) is 1. The molecule has 0 atom stereocenters. The van der Waals surface area contributed by atoms with Crippen molar-refractivity contribution in [2.75, 3.05) is 5.73 Å². The van der Waals surface area contributed by atoms with E-state index in [0.717, 1.165) is 5.56 Å². The first-order valence-corrected chi connectivity index (χ1v) is 3.93. The van der Waals surface area contributed by atoms with E-state index in [0.29, 0.717) is 11.7 Å². The van der Waals surface area contributed by atoms with Crippen LogP contribution in [0.2, 0.25) is 0 Å². The first-order valence-electron chi connectivity index (χ1n) is 3.93. The summed E-state index contributed by atoms with van der Waals surface area (Å²) in [4.78, 5) is 8.11. The standard InChI is InChI=1S/C9H13N3/c1-7(2)12-5-8-3-4-11-6-9(8)10/h3-7H,10H2,1-2H3. The Kier molecular flexibility index (Phi) is 2.80. The van der Waals surface area contributed by atoms with E-state index in [4.69, 9.17) is 5.73 Å². The molecule has 0 amide bonds. The van der Waals surface area contributed by atoms with Crippen LogP contribution in [0, 0.1) is 0 Å². The maximum absolute atomic E-state index is 5.65. The lowest BCUT2D eigenvalue weighted by Crippen LogP contribution is -1.96. The maximum Gasteiger partial charge on any atom is 0.0589 e. The zero-order valence-electron chi connectivity index (χ0n) is 7.36. The fraction of sp³-hybridized carbons (Fsp3) is 0.333. The Morgan fingerprint density at radius 3 is 2.92 bits per heavy atom. The molecule has 1 rings (SSSR count). The van der Waals surface area contributed by atoms with Gasteiger partial charge in [0.05, 0.1) is 11.9 Å². The Balaban J connectivity index is 2.82. The van der Waals surface area contributed by atoms with Gasteiger partial charge >= 0.3 is 0 Å². The zero-order chi connectivity index (χ0) is 8.97. The molecule has 1 aromatic rings. The van der Waals surface area contributed by atoms with E-state index in [1.54, 1.807) is 18.6 Å². The summed E-state index contributed by atoms with van der Waals surface area (Å²) in [7, 11) is 0. The van der Waals surface area contributed by atoms with E-state index in [2.05, 4.69) is 9.98 Å². The highest BCUT2D eigenvalue weighted by Gasteiger charge is 1.93. The van der Waals surface area contributed by atoms with Crippen molar-refractivity contribution >= 4 is 11.9 Å². The van der Waals surface area contributed by atoms with Gasteiger partial charge in [0.25, 0.3) is 0 Å². The van der Waals surface area contributed by atoms with Gasteiger partial charge in [0.1, 0.15) is 0 Å². The molecule has 0 spiro atoms. The summed E-state index contributed by atoms with van der Waals surface area (Å²) in [6.45, 7) is 4.04. The van der Waals surface area contributed by atoms with Gasteiger partial charge in [-0.25, -0.2) is 0 Å². The molecule has 12 heavy (non-hydrogen) atoms. The number of aromatic nitrogens is 1. The largest absolute Gasteiger partial charge is 0.397 e. The molecule has 2 N–H and O–H groups in total. The third-order valence-corrected chi connectivity index (χ3v) is 1.40. The number of hydrogen-bond acceptors (Lipinski definition) is 3. The number of pyridine rings is 1. The Bertz CT molecular complexity index is 279. The normalized spacial score (nSPS) is 11.2. The second kappa shape index (κ2) is 3.85. The van der Waals surface area contributed by atoms with Crippen LogP contribution in [0.15, 0.2) is 23.5 Å². The average Bonchev–Trinajstić information content (AvgIpc) is 2.03. The van der Waals surface area contributed by atoms with Gasteiger partial charge in [0.2, 0.25) is 0 Å². The summed E-state index contributed by atoms with van der Waals surface area (Å²) in [5.74, 6) is 0. The minimum Gasteiger partial charge on any atom is -0.397 e. The van der Waals surface area contributed by atoms with Crippen molar-refractivity contribution in [3.8, 4) is 0 Å². The molecule has 0 saturated heterocycles. The molecular weight excluding hydrogens is 150 g/mol. The van der Waals surface area contributed by atoms with E-state index in [1.165, 1.54) is 0 Å². The third kappa shape index (κ3) is 2.34. The lowest BCUT2D eigenvalue weighted by Gasteiger charge is -1.98. The van der Waals surface area contributed by atoms with Crippen LogP contribution in [0.3, 0.4) is 0 Å². The van der Waals surface area contributed by atoms with Crippen LogP contribution in [-0.2, 0) is 0 Å². The summed E-state index contributed by atoms with van der Waals surface area (Å²) < 4.78 is 0. The number of anilines is 1. The van der Waals surface area contributed by atoms with Crippen molar-refractivity contribution < 1.29 is 0 Å². The van der Waals surface area contributed by atoms with E-state index in [1.807, 2.05) is 19.9 Å². The molecule has 1 heterocycles. The predicted octanol–water partition coefficient (Wildman–Crippen LogP) is 1.49. The zero-order valence-corrected chi connectivity index (χ0v) is 7.36. The van der Waals surface area contributed by atoms with E-state index >= 15 is 0 Å². The lowest BCUT2D eigenvalue weighted by atomic mass is 10.2. The molecule has 0 unspecified atom stereocenters. The van der Waals surface area contributed by atoms with Crippen molar-refractivity contribution in [2.45, 2.75) is 19.9 Å². The summed E-state index contributed by atoms with van der Waals surface area (Å²) >= 11 is 0.